The van der Waals surface area contributed by atoms with Gasteiger partial charge in [0.15, 0.2) is 5.69 Å². The summed E-state index contributed by atoms with van der Waals surface area (Å²) in [5, 5.41) is 0. The van der Waals surface area contributed by atoms with Crippen LogP contribution in [0, 0.1) is 19.8 Å². The zero-order valence-corrected chi connectivity index (χ0v) is 16.2. The Balaban J connectivity index is 1.78. The molecule has 1 aromatic rings. The van der Waals surface area contributed by atoms with Gasteiger partial charge in [0, 0.05) is 12.6 Å². The minimum atomic E-state index is -0.404. The van der Waals surface area contributed by atoms with Gasteiger partial charge in [-0.3, -0.25) is 14.6 Å². The fourth-order valence-electron chi connectivity index (χ4n) is 4.43. The fourth-order valence-corrected chi connectivity index (χ4v) is 4.43. The van der Waals surface area contributed by atoms with Crippen molar-refractivity contribution in [3.8, 4) is 11.4 Å². The first kappa shape index (κ1) is 18.0. The van der Waals surface area contributed by atoms with Crippen molar-refractivity contribution in [3.63, 3.8) is 0 Å². The van der Waals surface area contributed by atoms with E-state index in [1.807, 2.05) is 6.07 Å². The van der Waals surface area contributed by atoms with Crippen molar-refractivity contribution < 1.29 is 0 Å². The Morgan fingerprint density at radius 2 is 1.81 bits per heavy atom. The van der Waals surface area contributed by atoms with Crippen LogP contribution in [-0.2, 0) is 6.54 Å². The molecule has 0 saturated heterocycles. The lowest BCUT2D eigenvalue weighted by Crippen LogP contribution is -2.25. The summed E-state index contributed by atoms with van der Waals surface area (Å²) in [6.45, 7) is 4.94. The quantitative estimate of drug-likeness (QED) is 0.706. The predicted octanol–water partition coefficient (Wildman–Crippen LogP) is 4.17. The summed E-state index contributed by atoms with van der Waals surface area (Å²) in [5.41, 5.74) is 4.38. The fraction of sp³-hybridized carbons (Fsp3) is 0.500. The van der Waals surface area contributed by atoms with Crippen LogP contribution in [0.4, 0.5) is 0 Å². The number of nitrogens with one attached hydrogen (secondary N) is 1. The number of pyridine rings is 1. The van der Waals surface area contributed by atoms with Gasteiger partial charge in [-0.15, -0.1) is 0 Å². The lowest BCUT2D eigenvalue weighted by atomic mass is 9.86. The molecular weight excluding hydrogens is 338 g/mol. The molecule has 4 rings (SSSR count). The van der Waals surface area contributed by atoms with Gasteiger partial charge in [0.25, 0.3) is 11.1 Å². The van der Waals surface area contributed by atoms with Crippen LogP contribution in [0.2, 0.25) is 0 Å². The highest BCUT2D eigenvalue weighted by molar-refractivity contribution is 5.81. The number of rotatable bonds is 4. The van der Waals surface area contributed by atoms with Gasteiger partial charge in [-0.1, -0.05) is 32.1 Å². The number of aryl methyl sites for hydroxylation is 3. The summed E-state index contributed by atoms with van der Waals surface area (Å²) in [6, 6.07) is 5.68. The van der Waals surface area contributed by atoms with Crippen LogP contribution in [0.15, 0.2) is 27.8 Å². The maximum absolute atomic E-state index is 12.3. The van der Waals surface area contributed by atoms with Gasteiger partial charge in [0.05, 0.1) is 16.7 Å². The molecule has 0 spiro atoms. The Hall–Kier alpha value is -2.43. The van der Waals surface area contributed by atoms with E-state index in [1.165, 1.54) is 50.2 Å². The van der Waals surface area contributed by atoms with Gasteiger partial charge in [-0.25, -0.2) is 4.98 Å². The lowest BCUT2D eigenvalue weighted by Gasteiger charge is -2.23. The van der Waals surface area contributed by atoms with Crippen LogP contribution in [-0.4, -0.2) is 14.5 Å². The minimum Gasteiger partial charge on any atom is -0.338 e. The molecule has 3 aliphatic rings. The number of aromatic amines is 1. The number of hydrogen-bond donors (Lipinski definition) is 1. The molecule has 0 atom stereocenters. The lowest BCUT2D eigenvalue weighted by molar-refractivity contribution is 0.327. The molecule has 0 amide bonds. The average molecular weight is 365 g/mol. The molecule has 1 aliphatic carbocycles. The van der Waals surface area contributed by atoms with Crippen LogP contribution in [0.3, 0.4) is 0 Å². The van der Waals surface area contributed by atoms with Crippen molar-refractivity contribution in [1.82, 2.24) is 14.5 Å². The first-order valence-electron chi connectivity index (χ1n) is 10.1. The summed E-state index contributed by atoms with van der Waals surface area (Å²) in [5.74, 6) is 0.821. The SMILES string of the molecule is Cc1cc2nc3c(=O)[nH]c(=O)cc-3n(CCCC3CCCCC3)c2cc1C. The summed E-state index contributed by atoms with van der Waals surface area (Å²) in [6.07, 6.45) is 9.02. The molecule has 1 N–H and O–H groups in total. The average Bonchev–Trinajstić information content (AvgIpc) is 2.64. The van der Waals surface area contributed by atoms with E-state index in [-0.39, 0.29) is 5.56 Å². The van der Waals surface area contributed by atoms with Gasteiger partial charge >= 0.3 is 0 Å². The Morgan fingerprint density at radius 3 is 2.59 bits per heavy atom. The third kappa shape index (κ3) is 3.55. The molecule has 1 saturated carbocycles. The van der Waals surface area contributed by atoms with E-state index in [0.29, 0.717) is 11.4 Å². The van der Waals surface area contributed by atoms with Gasteiger partial charge in [0.2, 0.25) is 0 Å². The van der Waals surface area contributed by atoms with Crippen molar-refractivity contribution >= 4 is 11.0 Å². The van der Waals surface area contributed by atoms with E-state index in [9.17, 15) is 9.59 Å². The number of aromatic nitrogens is 3. The third-order valence-corrected chi connectivity index (χ3v) is 6.09. The Bertz CT molecular complexity index is 1060. The largest absolute Gasteiger partial charge is 0.338 e. The van der Waals surface area contributed by atoms with Crippen molar-refractivity contribution in [1.29, 1.82) is 0 Å². The summed E-state index contributed by atoms with van der Waals surface area (Å²) >= 11 is 0. The number of hydrogen-bond acceptors (Lipinski definition) is 3. The Labute approximate surface area is 158 Å². The molecule has 1 fully saturated rings. The molecule has 0 unspecified atom stereocenters. The molecule has 0 aromatic heterocycles. The summed E-state index contributed by atoms with van der Waals surface area (Å²) < 4.78 is 2.13. The van der Waals surface area contributed by atoms with Gasteiger partial charge in [0.1, 0.15) is 0 Å². The Morgan fingerprint density at radius 1 is 1.07 bits per heavy atom. The van der Waals surface area contributed by atoms with E-state index in [1.54, 1.807) is 0 Å². The first-order valence-corrected chi connectivity index (χ1v) is 10.1. The Kier molecular flexibility index (Phi) is 4.85. The van der Waals surface area contributed by atoms with Crippen molar-refractivity contribution in [2.75, 3.05) is 0 Å². The van der Waals surface area contributed by atoms with E-state index < -0.39 is 5.56 Å². The zero-order chi connectivity index (χ0) is 19.0. The molecular formula is C22H27N3O2. The van der Waals surface area contributed by atoms with E-state index in [2.05, 4.69) is 34.4 Å². The predicted molar refractivity (Wildman–Crippen MR) is 109 cm³/mol. The summed E-state index contributed by atoms with van der Waals surface area (Å²) in [7, 11) is 0. The third-order valence-electron chi connectivity index (χ3n) is 6.09. The maximum Gasteiger partial charge on any atom is 0.278 e. The number of fused-ring (bicyclic) bond motifs is 2. The highest BCUT2D eigenvalue weighted by Crippen LogP contribution is 2.29. The van der Waals surface area contributed by atoms with E-state index >= 15 is 0 Å². The second-order valence-corrected chi connectivity index (χ2v) is 8.03. The highest BCUT2D eigenvalue weighted by atomic mass is 16.2. The normalized spacial score (nSPS) is 15.6. The highest BCUT2D eigenvalue weighted by Gasteiger charge is 2.18. The number of benzene rings is 1. The maximum atomic E-state index is 12.3. The smallest absolute Gasteiger partial charge is 0.278 e. The first-order chi connectivity index (χ1) is 13.0. The van der Waals surface area contributed by atoms with Crippen LogP contribution >= 0.6 is 0 Å². The standard InChI is InChI=1S/C22H27N3O2/c1-14-11-17-18(12-15(14)2)25(10-6-9-16-7-4-3-5-8-16)19-13-20(26)24-22(27)21(19)23-17/h11-13,16H,3-10H2,1-2H3,(H,24,26,27). The summed E-state index contributed by atoms with van der Waals surface area (Å²) in [4.78, 5) is 31.2. The molecule has 2 heterocycles. The van der Waals surface area contributed by atoms with Crippen molar-refractivity contribution in [3.05, 3.63) is 50.0 Å². The molecule has 0 radical (unpaired) electrons. The second kappa shape index (κ2) is 7.29. The van der Waals surface area contributed by atoms with Gasteiger partial charge in [-0.2, -0.15) is 0 Å². The van der Waals surface area contributed by atoms with E-state index in [0.717, 1.165) is 35.5 Å². The van der Waals surface area contributed by atoms with Crippen LogP contribution in [0.5, 0.6) is 0 Å². The molecule has 27 heavy (non-hydrogen) atoms. The zero-order valence-electron chi connectivity index (χ0n) is 16.2. The number of nitrogens with zero attached hydrogens (tertiary/aromatic N) is 2. The van der Waals surface area contributed by atoms with Crippen molar-refractivity contribution in [2.24, 2.45) is 5.92 Å². The van der Waals surface area contributed by atoms with Crippen LogP contribution < -0.4 is 11.1 Å². The number of H-pyrrole nitrogens is 1. The van der Waals surface area contributed by atoms with Crippen molar-refractivity contribution in [2.45, 2.75) is 65.3 Å². The molecule has 1 aromatic carbocycles. The topological polar surface area (TPSA) is 67.8 Å². The van der Waals surface area contributed by atoms with Crippen LogP contribution in [0.25, 0.3) is 22.4 Å². The molecule has 5 heteroatoms. The van der Waals surface area contributed by atoms with E-state index in [4.69, 9.17) is 0 Å². The van der Waals surface area contributed by atoms with Gasteiger partial charge in [-0.05, 0) is 55.9 Å². The second-order valence-electron chi connectivity index (χ2n) is 8.03. The molecule has 0 bridgehead atoms. The van der Waals surface area contributed by atoms with Crippen LogP contribution in [0.1, 0.15) is 56.1 Å². The molecule has 5 nitrogen and oxygen atoms in total. The molecule has 142 valence electrons. The minimum absolute atomic E-state index is 0.350. The monoisotopic (exact) mass is 365 g/mol. The van der Waals surface area contributed by atoms with Gasteiger partial charge < -0.3 is 4.57 Å². The molecule has 2 aliphatic heterocycles.